The normalized spacial score (nSPS) is 10.8. The van der Waals surface area contributed by atoms with Crippen LogP contribution in [0.15, 0.2) is 48.5 Å². The number of hydrogen-bond acceptors (Lipinski definition) is 5. The number of hydrogen-bond donors (Lipinski definition) is 4. The summed E-state index contributed by atoms with van der Waals surface area (Å²) in [6.45, 7) is 3.57. The van der Waals surface area contributed by atoms with Crippen molar-refractivity contribution < 1.29 is 14.3 Å². The fourth-order valence-corrected chi connectivity index (χ4v) is 1.99. The molecule has 25 heavy (non-hydrogen) atoms. The second-order valence-electron chi connectivity index (χ2n) is 6.10. The second kappa shape index (κ2) is 7.67. The molecule has 0 heterocycles. The van der Waals surface area contributed by atoms with Crippen LogP contribution in [0, 0.1) is 0 Å². The van der Waals surface area contributed by atoms with Crippen LogP contribution in [0.4, 0.5) is 21.9 Å². The molecular formula is C18H22N4O3. The van der Waals surface area contributed by atoms with E-state index in [-0.39, 0.29) is 12.5 Å². The number of rotatable bonds is 5. The Morgan fingerprint density at radius 2 is 1.72 bits per heavy atom. The van der Waals surface area contributed by atoms with Gasteiger partial charge in [-0.05, 0) is 44.2 Å². The molecule has 0 radical (unpaired) electrons. The van der Waals surface area contributed by atoms with Crippen LogP contribution >= 0.6 is 0 Å². The second-order valence-corrected chi connectivity index (χ2v) is 6.10. The first-order valence-electron chi connectivity index (χ1n) is 7.77. The molecule has 7 heteroatoms. The molecule has 0 unspecified atom stereocenters. The lowest BCUT2D eigenvalue weighted by Crippen LogP contribution is -2.37. The third kappa shape index (κ3) is 5.22. The van der Waals surface area contributed by atoms with Gasteiger partial charge in [-0.3, -0.25) is 10.1 Å². The van der Waals surface area contributed by atoms with Crippen molar-refractivity contribution in [2.75, 3.05) is 22.9 Å². The molecule has 2 amide bonds. The highest BCUT2D eigenvalue weighted by molar-refractivity contribution is 6.07. The first kappa shape index (κ1) is 18.3. The molecule has 0 fully saturated rings. The summed E-state index contributed by atoms with van der Waals surface area (Å²) in [4.78, 5) is 24.4. The fourth-order valence-electron chi connectivity index (χ4n) is 1.99. The molecule has 7 nitrogen and oxygen atoms in total. The standard InChI is InChI=1S/C18H22N4O3/c1-18(2,11-19)25-17(24)22-15-10-13(20)8-9-14(15)21-16(23)12-6-4-3-5-7-12/h3-10H,11,19-20H2,1-2H3,(H,21,23)(H,22,24). The van der Waals surface area contributed by atoms with Gasteiger partial charge in [0.15, 0.2) is 0 Å². The number of carbonyl (C=O) groups excluding carboxylic acids is 2. The largest absolute Gasteiger partial charge is 0.442 e. The molecule has 0 bridgehead atoms. The Hall–Kier alpha value is -3.06. The summed E-state index contributed by atoms with van der Waals surface area (Å²) in [6.07, 6.45) is -0.684. The van der Waals surface area contributed by atoms with Crippen LogP contribution in [0.25, 0.3) is 0 Å². The van der Waals surface area contributed by atoms with Crippen molar-refractivity contribution >= 4 is 29.1 Å². The highest BCUT2D eigenvalue weighted by atomic mass is 16.6. The molecule has 2 aromatic carbocycles. The minimum atomic E-state index is -0.808. The molecular weight excluding hydrogens is 320 g/mol. The van der Waals surface area contributed by atoms with Gasteiger partial charge in [0.2, 0.25) is 0 Å². The van der Waals surface area contributed by atoms with Gasteiger partial charge in [-0.1, -0.05) is 18.2 Å². The Morgan fingerprint density at radius 1 is 1.04 bits per heavy atom. The van der Waals surface area contributed by atoms with E-state index in [1.807, 2.05) is 6.07 Å². The zero-order chi connectivity index (χ0) is 18.4. The van der Waals surface area contributed by atoms with Crippen LogP contribution in [0.5, 0.6) is 0 Å². The molecule has 0 spiro atoms. The lowest BCUT2D eigenvalue weighted by molar-refractivity contribution is 0.0557. The average molecular weight is 342 g/mol. The number of nitrogen functional groups attached to an aromatic ring is 1. The highest BCUT2D eigenvalue weighted by Gasteiger charge is 2.21. The monoisotopic (exact) mass is 342 g/mol. The maximum absolute atomic E-state index is 12.3. The number of anilines is 3. The smallest absolute Gasteiger partial charge is 0.412 e. The van der Waals surface area contributed by atoms with E-state index in [2.05, 4.69) is 10.6 Å². The van der Waals surface area contributed by atoms with Crippen LogP contribution in [0.3, 0.4) is 0 Å². The fraction of sp³-hybridized carbons (Fsp3) is 0.222. The zero-order valence-corrected chi connectivity index (χ0v) is 14.2. The van der Waals surface area contributed by atoms with Gasteiger partial charge in [-0.15, -0.1) is 0 Å². The summed E-state index contributed by atoms with van der Waals surface area (Å²) >= 11 is 0. The Kier molecular flexibility index (Phi) is 5.61. The minimum absolute atomic E-state index is 0.176. The Labute approximate surface area is 146 Å². The van der Waals surface area contributed by atoms with E-state index in [4.69, 9.17) is 16.2 Å². The predicted molar refractivity (Wildman–Crippen MR) is 98.5 cm³/mol. The Morgan fingerprint density at radius 3 is 2.36 bits per heavy atom. The van der Waals surface area contributed by atoms with E-state index in [1.54, 1.807) is 50.2 Å². The summed E-state index contributed by atoms with van der Waals surface area (Å²) in [5.41, 5.74) is 12.2. The van der Waals surface area contributed by atoms with Crippen molar-refractivity contribution in [2.24, 2.45) is 5.73 Å². The lowest BCUT2D eigenvalue weighted by atomic mass is 10.1. The van der Waals surface area contributed by atoms with Gasteiger partial charge >= 0.3 is 6.09 Å². The molecule has 0 saturated carbocycles. The molecule has 132 valence electrons. The van der Waals surface area contributed by atoms with E-state index in [0.717, 1.165) is 0 Å². The van der Waals surface area contributed by atoms with Crippen LogP contribution < -0.4 is 22.1 Å². The third-order valence-electron chi connectivity index (χ3n) is 3.43. The maximum Gasteiger partial charge on any atom is 0.412 e. The number of carbonyl (C=O) groups is 2. The number of benzene rings is 2. The first-order valence-corrected chi connectivity index (χ1v) is 7.77. The summed E-state index contributed by atoms with van der Waals surface area (Å²) in [5, 5.41) is 5.33. The van der Waals surface area contributed by atoms with E-state index in [1.165, 1.54) is 6.07 Å². The Bertz CT molecular complexity index is 760. The van der Waals surface area contributed by atoms with Crippen molar-refractivity contribution in [1.82, 2.24) is 0 Å². The first-order chi connectivity index (χ1) is 11.8. The molecule has 0 aliphatic carbocycles. The van der Waals surface area contributed by atoms with Gasteiger partial charge < -0.3 is 21.5 Å². The quantitative estimate of drug-likeness (QED) is 0.623. The summed E-state index contributed by atoms with van der Waals surface area (Å²) in [7, 11) is 0. The van der Waals surface area contributed by atoms with Crippen LogP contribution in [0.1, 0.15) is 24.2 Å². The van der Waals surface area contributed by atoms with Gasteiger partial charge in [0.05, 0.1) is 11.4 Å². The van der Waals surface area contributed by atoms with Crippen molar-refractivity contribution in [3.8, 4) is 0 Å². The zero-order valence-electron chi connectivity index (χ0n) is 14.2. The molecule has 0 aliphatic heterocycles. The number of ether oxygens (including phenoxy) is 1. The summed E-state index contributed by atoms with van der Waals surface area (Å²) in [5.74, 6) is -0.302. The molecule has 0 aromatic heterocycles. The van der Waals surface area contributed by atoms with Gasteiger partial charge in [0.1, 0.15) is 5.60 Å². The molecule has 0 atom stereocenters. The third-order valence-corrected chi connectivity index (χ3v) is 3.43. The van der Waals surface area contributed by atoms with Crippen molar-refractivity contribution in [2.45, 2.75) is 19.4 Å². The topological polar surface area (TPSA) is 119 Å². The number of amides is 2. The highest BCUT2D eigenvalue weighted by Crippen LogP contribution is 2.26. The van der Waals surface area contributed by atoms with E-state index in [9.17, 15) is 9.59 Å². The molecule has 0 saturated heterocycles. The van der Waals surface area contributed by atoms with E-state index in [0.29, 0.717) is 22.6 Å². The van der Waals surface area contributed by atoms with Crippen LogP contribution in [-0.4, -0.2) is 24.1 Å². The van der Waals surface area contributed by atoms with E-state index >= 15 is 0 Å². The van der Waals surface area contributed by atoms with Gasteiger partial charge in [0.25, 0.3) is 5.91 Å². The summed E-state index contributed by atoms with van der Waals surface area (Å²) < 4.78 is 5.25. The predicted octanol–water partition coefficient (Wildman–Crippen LogP) is 2.81. The number of nitrogens with two attached hydrogens (primary N) is 2. The van der Waals surface area contributed by atoms with Gasteiger partial charge in [0, 0.05) is 17.8 Å². The maximum atomic E-state index is 12.3. The van der Waals surface area contributed by atoms with E-state index < -0.39 is 11.7 Å². The number of nitrogens with one attached hydrogen (secondary N) is 2. The lowest BCUT2D eigenvalue weighted by Gasteiger charge is -2.23. The molecule has 2 rings (SSSR count). The van der Waals surface area contributed by atoms with Gasteiger partial charge in [-0.2, -0.15) is 0 Å². The molecule has 2 aromatic rings. The van der Waals surface area contributed by atoms with Crippen molar-refractivity contribution in [3.05, 3.63) is 54.1 Å². The average Bonchev–Trinajstić information content (AvgIpc) is 2.57. The van der Waals surface area contributed by atoms with Gasteiger partial charge in [-0.25, -0.2) is 4.79 Å². The Balaban J connectivity index is 2.17. The van der Waals surface area contributed by atoms with Crippen LogP contribution in [0.2, 0.25) is 0 Å². The minimum Gasteiger partial charge on any atom is -0.442 e. The van der Waals surface area contributed by atoms with Crippen molar-refractivity contribution in [3.63, 3.8) is 0 Å². The molecule has 6 N–H and O–H groups in total. The SMILES string of the molecule is CC(C)(CN)OC(=O)Nc1cc(N)ccc1NC(=O)c1ccccc1. The summed E-state index contributed by atoms with van der Waals surface area (Å²) in [6, 6.07) is 13.5. The van der Waals surface area contributed by atoms with Crippen molar-refractivity contribution in [1.29, 1.82) is 0 Å². The molecule has 0 aliphatic rings. The van der Waals surface area contributed by atoms with Crippen LogP contribution in [-0.2, 0) is 4.74 Å².